The highest BCUT2D eigenvalue weighted by Gasteiger charge is 2.19. The number of nitrogens with one attached hydrogen (secondary N) is 2. The predicted octanol–water partition coefficient (Wildman–Crippen LogP) is 3.19. The fourth-order valence-corrected chi connectivity index (χ4v) is 3.36. The van der Waals surface area contributed by atoms with Gasteiger partial charge in [-0.25, -0.2) is 0 Å². The van der Waals surface area contributed by atoms with E-state index < -0.39 is 0 Å². The van der Waals surface area contributed by atoms with E-state index in [-0.39, 0.29) is 0 Å². The summed E-state index contributed by atoms with van der Waals surface area (Å²) in [6, 6.07) is 5.10. The summed E-state index contributed by atoms with van der Waals surface area (Å²) in [7, 11) is 2.02. The molecule has 3 heteroatoms. The maximum Gasteiger partial charge on any atom is 0.0513 e. The number of fused-ring (bicyclic) bond motifs is 1. The number of hydrogen-bond donors (Lipinski definition) is 2. The highest BCUT2D eigenvalue weighted by molar-refractivity contribution is 7.99. The fraction of sp³-hybridized carbons (Fsp3) is 0.571. The molecule has 0 amide bonds. The molecule has 2 nitrogen and oxygen atoms in total. The first-order chi connectivity index (χ1) is 8.22. The number of rotatable bonds is 4. The minimum absolute atomic E-state index is 0.626. The molecule has 1 unspecified atom stereocenters. The molecule has 0 aliphatic carbocycles. The molecule has 2 rings (SSSR count). The van der Waals surface area contributed by atoms with Crippen LogP contribution in [0.15, 0.2) is 17.0 Å². The molecule has 2 N–H and O–H groups in total. The van der Waals surface area contributed by atoms with E-state index in [4.69, 9.17) is 0 Å². The van der Waals surface area contributed by atoms with E-state index in [0.29, 0.717) is 6.04 Å². The van der Waals surface area contributed by atoms with Gasteiger partial charge in [0.05, 0.1) is 5.69 Å². The summed E-state index contributed by atoms with van der Waals surface area (Å²) < 4.78 is 0. The van der Waals surface area contributed by atoms with Gasteiger partial charge in [-0.15, -0.1) is 11.8 Å². The quantitative estimate of drug-likeness (QED) is 0.803. The molecule has 1 heterocycles. The fourth-order valence-electron chi connectivity index (χ4n) is 2.21. The molecule has 0 saturated heterocycles. The van der Waals surface area contributed by atoms with Crippen molar-refractivity contribution >= 4 is 17.4 Å². The predicted molar refractivity (Wildman–Crippen MR) is 77.2 cm³/mol. The SMILES string of the molecule is CNCCCC1CSc2ccc(C)c(C)c2N1. The Balaban J connectivity index is 2.04. The largest absolute Gasteiger partial charge is 0.380 e. The third-order valence-electron chi connectivity index (χ3n) is 3.47. The summed E-state index contributed by atoms with van der Waals surface area (Å²) in [5, 5.41) is 6.93. The molecular formula is C14H22N2S. The van der Waals surface area contributed by atoms with Gasteiger partial charge in [-0.05, 0) is 57.5 Å². The van der Waals surface area contributed by atoms with Crippen molar-refractivity contribution < 1.29 is 0 Å². The molecule has 1 aromatic carbocycles. The van der Waals surface area contributed by atoms with Crippen LogP contribution in [0.2, 0.25) is 0 Å². The van der Waals surface area contributed by atoms with Crippen LogP contribution in [0.5, 0.6) is 0 Å². The van der Waals surface area contributed by atoms with E-state index in [9.17, 15) is 0 Å². The van der Waals surface area contributed by atoms with Gasteiger partial charge >= 0.3 is 0 Å². The lowest BCUT2D eigenvalue weighted by molar-refractivity contribution is 0.626. The second kappa shape index (κ2) is 5.78. The standard InChI is InChI=1S/C14H22N2S/c1-10-6-7-13-14(11(10)2)16-12(9-17-13)5-4-8-15-3/h6-7,12,15-16H,4-5,8-9H2,1-3H3. The van der Waals surface area contributed by atoms with Crippen molar-refractivity contribution in [1.29, 1.82) is 0 Å². The topological polar surface area (TPSA) is 24.1 Å². The number of benzene rings is 1. The van der Waals surface area contributed by atoms with Gasteiger partial charge in [0.25, 0.3) is 0 Å². The summed E-state index contributed by atoms with van der Waals surface area (Å²) in [6.45, 7) is 5.52. The van der Waals surface area contributed by atoms with Gasteiger partial charge in [-0.3, -0.25) is 0 Å². The van der Waals surface area contributed by atoms with Crippen LogP contribution in [0.3, 0.4) is 0 Å². The Kier molecular flexibility index (Phi) is 4.35. The van der Waals surface area contributed by atoms with Gasteiger partial charge in [-0.2, -0.15) is 0 Å². The van der Waals surface area contributed by atoms with Crippen LogP contribution in [0.25, 0.3) is 0 Å². The Morgan fingerprint density at radius 1 is 1.41 bits per heavy atom. The second-order valence-corrected chi connectivity index (χ2v) is 5.84. The van der Waals surface area contributed by atoms with Crippen molar-refractivity contribution in [3.8, 4) is 0 Å². The van der Waals surface area contributed by atoms with Crippen molar-refractivity contribution in [3.05, 3.63) is 23.3 Å². The molecule has 0 saturated carbocycles. The molecule has 0 bridgehead atoms. The maximum atomic E-state index is 3.72. The highest BCUT2D eigenvalue weighted by Crippen LogP contribution is 2.37. The first-order valence-corrected chi connectivity index (χ1v) is 7.35. The maximum absolute atomic E-state index is 3.72. The molecule has 0 fully saturated rings. The minimum atomic E-state index is 0.626. The minimum Gasteiger partial charge on any atom is -0.380 e. The van der Waals surface area contributed by atoms with E-state index in [1.54, 1.807) is 0 Å². The Bertz CT molecular complexity index is 390. The third kappa shape index (κ3) is 2.96. The van der Waals surface area contributed by atoms with Crippen molar-refractivity contribution in [1.82, 2.24) is 5.32 Å². The molecule has 1 aliphatic rings. The van der Waals surface area contributed by atoms with E-state index in [2.05, 4.69) is 36.6 Å². The first kappa shape index (κ1) is 12.8. The van der Waals surface area contributed by atoms with Gasteiger partial charge in [0.15, 0.2) is 0 Å². The third-order valence-corrected chi connectivity index (χ3v) is 4.69. The lowest BCUT2D eigenvalue weighted by atomic mass is 10.1. The van der Waals surface area contributed by atoms with Gasteiger partial charge in [0, 0.05) is 16.7 Å². The smallest absolute Gasteiger partial charge is 0.0513 e. The number of aryl methyl sites for hydroxylation is 1. The molecule has 0 spiro atoms. The van der Waals surface area contributed by atoms with E-state index in [1.165, 1.54) is 40.3 Å². The van der Waals surface area contributed by atoms with E-state index >= 15 is 0 Å². The monoisotopic (exact) mass is 250 g/mol. The lowest BCUT2D eigenvalue weighted by Gasteiger charge is -2.28. The Labute approximate surface area is 109 Å². The van der Waals surface area contributed by atoms with Crippen LogP contribution in [-0.4, -0.2) is 25.4 Å². The summed E-state index contributed by atoms with van der Waals surface area (Å²) in [5.41, 5.74) is 4.16. The van der Waals surface area contributed by atoms with Crippen molar-refractivity contribution in [3.63, 3.8) is 0 Å². The highest BCUT2D eigenvalue weighted by atomic mass is 32.2. The van der Waals surface area contributed by atoms with E-state index in [1.807, 2.05) is 18.8 Å². The Morgan fingerprint density at radius 2 is 2.24 bits per heavy atom. The second-order valence-electron chi connectivity index (χ2n) is 4.78. The zero-order valence-electron chi connectivity index (χ0n) is 11.0. The van der Waals surface area contributed by atoms with Gasteiger partial charge < -0.3 is 10.6 Å². The molecule has 1 aliphatic heterocycles. The van der Waals surface area contributed by atoms with Gasteiger partial charge in [-0.1, -0.05) is 6.07 Å². The van der Waals surface area contributed by atoms with Gasteiger partial charge in [0.2, 0.25) is 0 Å². The average molecular weight is 250 g/mol. The lowest BCUT2D eigenvalue weighted by Crippen LogP contribution is -2.27. The normalized spacial score (nSPS) is 18.6. The first-order valence-electron chi connectivity index (χ1n) is 6.36. The van der Waals surface area contributed by atoms with E-state index in [0.717, 1.165) is 6.54 Å². The van der Waals surface area contributed by atoms with Crippen LogP contribution in [-0.2, 0) is 0 Å². The molecule has 1 aromatic rings. The molecule has 0 radical (unpaired) electrons. The average Bonchev–Trinajstić information content (AvgIpc) is 2.35. The summed E-state index contributed by atoms with van der Waals surface area (Å²) >= 11 is 1.99. The van der Waals surface area contributed by atoms with Crippen molar-refractivity contribution in [2.75, 3.05) is 24.7 Å². The zero-order valence-corrected chi connectivity index (χ0v) is 11.8. The van der Waals surface area contributed by atoms with Crippen LogP contribution in [0.4, 0.5) is 5.69 Å². The van der Waals surface area contributed by atoms with Crippen molar-refractivity contribution in [2.45, 2.75) is 37.6 Å². The summed E-state index contributed by atoms with van der Waals surface area (Å²) in [5.74, 6) is 1.19. The Morgan fingerprint density at radius 3 is 3.00 bits per heavy atom. The molecule has 0 aromatic heterocycles. The van der Waals surface area contributed by atoms with Crippen molar-refractivity contribution in [2.24, 2.45) is 0 Å². The molecule has 1 atom stereocenters. The molecular weight excluding hydrogens is 228 g/mol. The van der Waals surface area contributed by atoms with Crippen LogP contribution in [0, 0.1) is 13.8 Å². The summed E-state index contributed by atoms with van der Waals surface area (Å²) in [4.78, 5) is 1.41. The van der Waals surface area contributed by atoms with Crippen LogP contribution in [0.1, 0.15) is 24.0 Å². The van der Waals surface area contributed by atoms with Gasteiger partial charge in [0.1, 0.15) is 0 Å². The van der Waals surface area contributed by atoms with Crippen LogP contribution >= 0.6 is 11.8 Å². The van der Waals surface area contributed by atoms with Crippen LogP contribution < -0.4 is 10.6 Å². The molecule has 17 heavy (non-hydrogen) atoms. The number of anilines is 1. The molecule has 94 valence electrons. The Hall–Kier alpha value is -0.670. The number of thioether (sulfide) groups is 1. The zero-order chi connectivity index (χ0) is 12.3. The number of hydrogen-bond acceptors (Lipinski definition) is 3. The summed E-state index contributed by atoms with van der Waals surface area (Å²) in [6.07, 6.45) is 2.50.